The van der Waals surface area contributed by atoms with Crippen molar-refractivity contribution in [3.8, 4) is 0 Å². The van der Waals surface area contributed by atoms with Crippen LogP contribution < -0.4 is 0 Å². The smallest absolute Gasteiger partial charge is 0.195 e. The van der Waals surface area contributed by atoms with Crippen LogP contribution >= 0.6 is 26.6 Å². The minimum absolute atomic E-state index is 0.395. The molecule has 3 nitrogen and oxygen atoms in total. The molecule has 0 fully saturated rings. The zero-order valence-corrected chi connectivity index (χ0v) is 8.00. The third kappa shape index (κ3) is 4.13. The maximum absolute atomic E-state index is 10.4. The summed E-state index contributed by atoms with van der Waals surface area (Å²) in [5.74, 6) is 0. The van der Waals surface area contributed by atoms with Crippen LogP contribution in [0.15, 0.2) is 0 Å². The van der Waals surface area contributed by atoms with Gasteiger partial charge in [0.1, 0.15) is 0 Å². The summed E-state index contributed by atoms with van der Waals surface area (Å²) in [6.07, 6.45) is 0. The first kappa shape index (κ1) is 9.68. The first-order chi connectivity index (χ1) is 3.98. The van der Waals surface area contributed by atoms with Gasteiger partial charge in [0.05, 0.1) is 0 Å². The Morgan fingerprint density at radius 2 is 2.11 bits per heavy atom. The Hall–Kier alpha value is 0.680. The Morgan fingerprint density at radius 3 is 2.22 bits per heavy atom. The molecule has 0 atom stereocenters. The second-order valence-electron chi connectivity index (χ2n) is 1.45. The summed E-state index contributed by atoms with van der Waals surface area (Å²) < 4.78 is 21.8. The molecule has 0 aromatic heterocycles. The topological polar surface area (TPSA) is 37.4 Å². The molecular formula is C3H7BrClNO2S. The number of rotatable bonds is 3. The molecule has 0 aromatic rings. The van der Waals surface area contributed by atoms with Gasteiger partial charge in [0, 0.05) is 29.6 Å². The van der Waals surface area contributed by atoms with Crippen molar-refractivity contribution < 1.29 is 8.42 Å². The molecule has 0 aliphatic carbocycles. The molecule has 0 aliphatic heterocycles. The number of nitrogens with zero attached hydrogens (tertiary/aromatic N) is 1. The second kappa shape index (κ2) is 3.75. The zero-order chi connectivity index (χ0) is 7.49. The van der Waals surface area contributed by atoms with Gasteiger partial charge in [-0.15, -0.1) is 0 Å². The fraction of sp³-hybridized carbons (Fsp3) is 1.00. The van der Waals surface area contributed by atoms with E-state index in [-0.39, 0.29) is 0 Å². The minimum atomic E-state index is -3.49. The third-order valence-corrected chi connectivity index (χ3v) is 2.76. The lowest BCUT2D eigenvalue weighted by Gasteiger charge is -2.08. The average Bonchev–Trinajstić information content (AvgIpc) is 1.64. The van der Waals surface area contributed by atoms with Gasteiger partial charge in [0.15, 0.2) is 0 Å². The molecule has 0 saturated heterocycles. The van der Waals surface area contributed by atoms with Crippen molar-refractivity contribution in [2.24, 2.45) is 0 Å². The molecule has 9 heavy (non-hydrogen) atoms. The lowest BCUT2D eigenvalue weighted by Crippen LogP contribution is -2.23. The van der Waals surface area contributed by atoms with E-state index in [1.165, 1.54) is 7.05 Å². The fourth-order valence-electron chi connectivity index (χ4n) is 0.228. The molecule has 0 N–H and O–H groups in total. The molecule has 0 aromatic carbocycles. The van der Waals surface area contributed by atoms with Crippen LogP contribution in [0.4, 0.5) is 0 Å². The number of hydrogen-bond donors (Lipinski definition) is 0. The second-order valence-corrected chi connectivity index (χ2v) is 4.86. The van der Waals surface area contributed by atoms with E-state index < -0.39 is 9.24 Å². The van der Waals surface area contributed by atoms with Crippen molar-refractivity contribution in [1.82, 2.24) is 4.31 Å². The minimum Gasteiger partial charge on any atom is -0.195 e. The monoisotopic (exact) mass is 235 g/mol. The summed E-state index contributed by atoms with van der Waals surface area (Å²) in [5.41, 5.74) is 0. The summed E-state index contributed by atoms with van der Waals surface area (Å²) in [4.78, 5) is 0. The lowest BCUT2D eigenvalue weighted by molar-refractivity contribution is 0.504. The Labute approximate surface area is 67.7 Å². The normalized spacial score (nSPS) is 12.4. The van der Waals surface area contributed by atoms with E-state index in [0.717, 1.165) is 4.31 Å². The van der Waals surface area contributed by atoms with Gasteiger partial charge >= 0.3 is 0 Å². The highest BCUT2D eigenvalue weighted by molar-refractivity contribution is 9.09. The highest BCUT2D eigenvalue weighted by Crippen LogP contribution is 2.02. The van der Waals surface area contributed by atoms with Crippen molar-refractivity contribution in [2.45, 2.75) is 0 Å². The van der Waals surface area contributed by atoms with E-state index in [2.05, 4.69) is 15.9 Å². The van der Waals surface area contributed by atoms with Crippen LogP contribution in [0.5, 0.6) is 0 Å². The summed E-state index contributed by atoms with van der Waals surface area (Å²) in [6, 6.07) is 0. The Morgan fingerprint density at radius 1 is 1.67 bits per heavy atom. The van der Waals surface area contributed by atoms with Crippen LogP contribution in [0.3, 0.4) is 0 Å². The third-order valence-electron chi connectivity index (χ3n) is 0.772. The van der Waals surface area contributed by atoms with Gasteiger partial charge in [-0.3, -0.25) is 0 Å². The van der Waals surface area contributed by atoms with Gasteiger partial charge in [0.2, 0.25) is 0 Å². The number of halogens is 2. The van der Waals surface area contributed by atoms with Gasteiger partial charge in [-0.2, -0.15) is 12.7 Å². The van der Waals surface area contributed by atoms with Crippen LogP contribution in [-0.4, -0.2) is 31.6 Å². The first-order valence-corrected chi connectivity index (χ1v) is 5.59. The summed E-state index contributed by atoms with van der Waals surface area (Å²) in [5, 5.41) is 0.593. The maximum atomic E-state index is 10.4. The molecule has 0 rings (SSSR count). The quantitative estimate of drug-likeness (QED) is 0.537. The van der Waals surface area contributed by atoms with E-state index in [9.17, 15) is 8.42 Å². The van der Waals surface area contributed by atoms with Crippen molar-refractivity contribution in [3.63, 3.8) is 0 Å². The maximum Gasteiger partial charge on any atom is 0.299 e. The molecule has 0 bridgehead atoms. The van der Waals surface area contributed by atoms with E-state index in [0.29, 0.717) is 11.9 Å². The number of hydrogen-bond acceptors (Lipinski definition) is 2. The standard InChI is InChI=1S/C3H7BrClNO2S/c1-6(3-2-4)9(5,7)8/h2-3H2,1H3. The van der Waals surface area contributed by atoms with Crippen LogP contribution in [0.2, 0.25) is 0 Å². The van der Waals surface area contributed by atoms with E-state index in [1.54, 1.807) is 0 Å². The van der Waals surface area contributed by atoms with E-state index in [4.69, 9.17) is 10.7 Å². The molecule has 0 amide bonds. The largest absolute Gasteiger partial charge is 0.299 e. The van der Waals surface area contributed by atoms with Gasteiger partial charge in [0.25, 0.3) is 9.24 Å². The average molecular weight is 237 g/mol. The molecule has 0 heterocycles. The van der Waals surface area contributed by atoms with Crippen LogP contribution in [0.1, 0.15) is 0 Å². The molecule has 0 aliphatic rings. The number of alkyl halides is 1. The zero-order valence-electron chi connectivity index (χ0n) is 4.84. The predicted octanol–water partition coefficient (Wildman–Crippen LogP) is 0.797. The van der Waals surface area contributed by atoms with E-state index in [1.807, 2.05) is 0 Å². The van der Waals surface area contributed by atoms with Gasteiger partial charge in [-0.1, -0.05) is 15.9 Å². The van der Waals surface area contributed by atoms with Crippen molar-refractivity contribution in [2.75, 3.05) is 18.9 Å². The van der Waals surface area contributed by atoms with Gasteiger partial charge in [-0.25, -0.2) is 0 Å². The SMILES string of the molecule is CN(CCBr)S(=O)(=O)Cl. The lowest BCUT2D eigenvalue weighted by atomic mass is 10.8. The summed E-state index contributed by atoms with van der Waals surface area (Å²) >= 11 is 3.08. The van der Waals surface area contributed by atoms with Gasteiger partial charge < -0.3 is 0 Å². The molecule has 0 unspecified atom stereocenters. The molecule has 0 saturated carbocycles. The summed E-state index contributed by atoms with van der Waals surface area (Å²) in [7, 11) is 2.87. The Balaban J connectivity index is 3.90. The Kier molecular flexibility index (Phi) is 4.04. The highest BCUT2D eigenvalue weighted by Gasteiger charge is 2.11. The van der Waals surface area contributed by atoms with Crippen molar-refractivity contribution in [3.05, 3.63) is 0 Å². The first-order valence-electron chi connectivity index (χ1n) is 2.20. The van der Waals surface area contributed by atoms with E-state index >= 15 is 0 Å². The fourth-order valence-corrected chi connectivity index (χ4v) is 1.51. The van der Waals surface area contributed by atoms with Crippen LogP contribution in [-0.2, 0) is 9.24 Å². The Bertz CT molecular complexity index is 169. The predicted molar refractivity (Wildman–Crippen MR) is 41.2 cm³/mol. The van der Waals surface area contributed by atoms with Crippen molar-refractivity contribution in [1.29, 1.82) is 0 Å². The van der Waals surface area contributed by atoms with Crippen LogP contribution in [0, 0.1) is 0 Å². The molecule has 0 spiro atoms. The molecule has 56 valence electrons. The van der Waals surface area contributed by atoms with Crippen molar-refractivity contribution >= 4 is 35.8 Å². The molecule has 0 radical (unpaired) electrons. The molecule has 6 heteroatoms. The molecular weight excluding hydrogens is 229 g/mol. The summed E-state index contributed by atoms with van der Waals surface area (Å²) in [6.45, 7) is 0.395. The highest BCUT2D eigenvalue weighted by atomic mass is 79.9. The van der Waals surface area contributed by atoms with Crippen LogP contribution in [0.25, 0.3) is 0 Å². The van der Waals surface area contributed by atoms with Gasteiger partial charge in [-0.05, 0) is 0 Å².